The number of aliphatic hydroxyl groups is 1. The number of hydrogen-bond acceptors (Lipinski definition) is 4. The first kappa shape index (κ1) is 15.2. The average Bonchev–Trinajstić information content (AvgIpc) is 2.84. The monoisotopic (exact) mass is 284 g/mol. The smallest absolute Gasteiger partial charge is 0.0991 e. The maximum atomic E-state index is 9.25. The molecule has 1 aromatic heterocycles. The van der Waals surface area contributed by atoms with Crippen LogP contribution in [0.25, 0.3) is 11.3 Å². The highest BCUT2D eigenvalue weighted by atomic mass is 16.3. The van der Waals surface area contributed by atoms with Crippen molar-refractivity contribution in [2.45, 2.75) is 26.0 Å². The first-order chi connectivity index (χ1) is 10.1. The SMILES string of the molecule is CC(O)CCNCc1cn(C)nc1-c1ccc(C#N)cc1. The van der Waals surface area contributed by atoms with Crippen molar-refractivity contribution in [3.8, 4) is 17.3 Å². The molecule has 0 radical (unpaired) electrons. The lowest BCUT2D eigenvalue weighted by molar-refractivity contribution is 0.183. The molecular formula is C16H20N4O. The lowest BCUT2D eigenvalue weighted by atomic mass is 10.1. The van der Waals surface area contributed by atoms with E-state index in [4.69, 9.17) is 5.26 Å². The van der Waals surface area contributed by atoms with Gasteiger partial charge in [-0.25, -0.2) is 0 Å². The highest BCUT2D eigenvalue weighted by Gasteiger charge is 2.10. The molecule has 0 bridgehead atoms. The fourth-order valence-electron chi connectivity index (χ4n) is 2.15. The fourth-order valence-corrected chi connectivity index (χ4v) is 2.15. The minimum absolute atomic E-state index is 0.288. The van der Waals surface area contributed by atoms with Gasteiger partial charge < -0.3 is 10.4 Å². The van der Waals surface area contributed by atoms with Crippen molar-refractivity contribution in [1.29, 1.82) is 5.26 Å². The Morgan fingerprint density at radius 2 is 2.10 bits per heavy atom. The molecule has 21 heavy (non-hydrogen) atoms. The first-order valence-corrected chi connectivity index (χ1v) is 7.02. The lowest BCUT2D eigenvalue weighted by Crippen LogP contribution is -2.18. The van der Waals surface area contributed by atoms with Gasteiger partial charge in [-0.2, -0.15) is 10.4 Å². The molecule has 2 rings (SSSR count). The second-order valence-corrected chi connectivity index (χ2v) is 5.18. The zero-order valence-corrected chi connectivity index (χ0v) is 12.4. The zero-order chi connectivity index (χ0) is 15.2. The predicted octanol–water partition coefficient (Wildman–Crippen LogP) is 1.82. The number of aryl methyl sites for hydroxylation is 1. The van der Waals surface area contributed by atoms with E-state index < -0.39 is 0 Å². The van der Waals surface area contributed by atoms with Crippen LogP contribution in [0.5, 0.6) is 0 Å². The first-order valence-electron chi connectivity index (χ1n) is 7.02. The van der Waals surface area contributed by atoms with Gasteiger partial charge in [-0.05, 0) is 32.0 Å². The van der Waals surface area contributed by atoms with E-state index >= 15 is 0 Å². The molecule has 1 unspecified atom stereocenters. The van der Waals surface area contributed by atoms with Gasteiger partial charge in [-0.3, -0.25) is 4.68 Å². The van der Waals surface area contributed by atoms with Crippen molar-refractivity contribution in [3.05, 3.63) is 41.6 Å². The van der Waals surface area contributed by atoms with Crippen LogP contribution >= 0.6 is 0 Å². The molecule has 0 saturated carbocycles. The van der Waals surface area contributed by atoms with Gasteiger partial charge in [0.15, 0.2) is 0 Å². The molecule has 0 amide bonds. The molecule has 1 atom stereocenters. The topological polar surface area (TPSA) is 73.9 Å². The van der Waals surface area contributed by atoms with Gasteiger partial charge in [0.05, 0.1) is 23.4 Å². The fraction of sp³-hybridized carbons (Fsp3) is 0.375. The summed E-state index contributed by atoms with van der Waals surface area (Å²) in [5.41, 5.74) is 3.67. The van der Waals surface area contributed by atoms with E-state index in [0.29, 0.717) is 12.1 Å². The van der Waals surface area contributed by atoms with Gasteiger partial charge in [0.2, 0.25) is 0 Å². The van der Waals surface area contributed by atoms with E-state index in [1.54, 1.807) is 23.7 Å². The molecule has 2 aromatic rings. The third-order valence-electron chi connectivity index (χ3n) is 3.25. The standard InChI is InChI=1S/C16H20N4O/c1-12(21)7-8-18-10-15-11-20(2)19-16(15)14-5-3-13(9-17)4-6-14/h3-6,11-12,18,21H,7-8,10H2,1-2H3. The molecule has 0 aliphatic heterocycles. The summed E-state index contributed by atoms with van der Waals surface area (Å²) in [5, 5.41) is 25.9. The number of benzene rings is 1. The highest BCUT2D eigenvalue weighted by molar-refractivity contribution is 5.63. The van der Waals surface area contributed by atoms with E-state index in [1.165, 1.54) is 0 Å². The number of rotatable bonds is 6. The van der Waals surface area contributed by atoms with Gasteiger partial charge in [0.1, 0.15) is 0 Å². The van der Waals surface area contributed by atoms with E-state index in [1.807, 2.05) is 25.4 Å². The highest BCUT2D eigenvalue weighted by Crippen LogP contribution is 2.22. The van der Waals surface area contributed by atoms with Crippen LogP contribution in [0.3, 0.4) is 0 Å². The van der Waals surface area contributed by atoms with Gasteiger partial charge in [-0.15, -0.1) is 0 Å². The van der Waals surface area contributed by atoms with E-state index in [9.17, 15) is 5.11 Å². The number of nitrogens with one attached hydrogen (secondary N) is 1. The third kappa shape index (κ3) is 4.15. The summed E-state index contributed by atoms with van der Waals surface area (Å²) < 4.78 is 1.79. The van der Waals surface area contributed by atoms with Crippen molar-refractivity contribution in [2.75, 3.05) is 6.54 Å². The minimum Gasteiger partial charge on any atom is -0.393 e. The third-order valence-corrected chi connectivity index (χ3v) is 3.25. The Kier molecular flexibility index (Phi) is 5.09. The van der Waals surface area contributed by atoms with Crippen molar-refractivity contribution < 1.29 is 5.11 Å². The van der Waals surface area contributed by atoms with Crippen LogP contribution in [0.4, 0.5) is 0 Å². The average molecular weight is 284 g/mol. The Bertz CT molecular complexity index is 623. The molecule has 1 aromatic carbocycles. The summed E-state index contributed by atoms with van der Waals surface area (Å²) >= 11 is 0. The van der Waals surface area contributed by atoms with Crippen LogP contribution < -0.4 is 5.32 Å². The Labute approximate surface area is 124 Å². The molecular weight excluding hydrogens is 264 g/mol. The Hall–Kier alpha value is -2.16. The Morgan fingerprint density at radius 1 is 1.38 bits per heavy atom. The van der Waals surface area contributed by atoms with E-state index in [0.717, 1.165) is 29.8 Å². The largest absolute Gasteiger partial charge is 0.393 e. The Balaban J connectivity index is 2.10. The number of aromatic nitrogens is 2. The van der Waals surface area contributed by atoms with Crippen LogP contribution in [-0.4, -0.2) is 27.5 Å². The summed E-state index contributed by atoms with van der Waals surface area (Å²) in [6.07, 6.45) is 2.43. The number of nitrogens with zero attached hydrogens (tertiary/aromatic N) is 3. The molecule has 1 heterocycles. The predicted molar refractivity (Wildman–Crippen MR) is 81.4 cm³/mol. The van der Waals surface area contributed by atoms with Crippen LogP contribution in [0.2, 0.25) is 0 Å². The lowest BCUT2D eigenvalue weighted by Gasteiger charge is -2.07. The second-order valence-electron chi connectivity index (χ2n) is 5.18. The minimum atomic E-state index is -0.288. The van der Waals surface area contributed by atoms with Crippen LogP contribution in [-0.2, 0) is 13.6 Å². The summed E-state index contributed by atoms with van der Waals surface area (Å²) in [5.74, 6) is 0. The quantitative estimate of drug-likeness (QED) is 0.794. The van der Waals surface area contributed by atoms with Gasteiger partial charge >= 0.3 is 0 Å². The number of hydrogen-bond donors (Lipinski definition) is 2. The maximum absolute atomic E-state index is 9.25. The van der Waals surface area contributed by atoms with Crippen LogP contribution in [0.15, 0.2) is 30.5 Å². The van der Waals surface area contributed by atoms with E-state index in [-0.39, 0.29) is 6.10 Å². The maximum Gasteiger partial charge on any atom is 0.0991 e. The van der Waals surface area contributed by atoms with Crippen molar-refractivity contribution in [3.63, 3.8) is 0 Å². The van der Waals surface area contributed by atoms with Crippen molar-refractivity contribution in [2.24, 2.45) is 7.05 Å². The van der Waals surface area contributed by atoms with Gasteiger partial charge in [-0.1, -0.05) is 12.1 Å². The molecule has 110 valence electrons. The molecule has 5 nitrogen and oxygen atoms in total. The number of nitriles is 1. The van der Waals surface area contributed by atoms with Crippen molar-refractivity contribution >= 4 is 0 Å². The van der Waals surface area contributed by atoms with Crippen LogP contribution in [0.1, 0.15) is 24.5 Å². The Morgan fingerprint density at radius 3 is 2.71 bits per heavy atom. The van der Waals surface area contributed by atoms with Crippen LogP contribution in [0, 0.1) is 11.3 Å². The molecule has 0 aliphatic carbocycles. The molecule has 5 heteroatoms. The van der Waals surface area contributed by atoms with Crippen molar-refractivity contribution in [1.82, 2.24) is 15.1 Å². The normalized spacial score (nSPS) is 12.1. The van der Waals surface area contributed by atoms with Gasteiger partial charge in [0, 0.05) is 30.9 Å². The number of aliphatic hydroxyl groups excluding tert-OH is 1. The molecule has 2 N–H and O–H groups in total. The second kappa shape index (κ2) is 7.02. The summed E-state index contributed by atoms with van der Waals surface area (Å²) in [6.45, 7) is 3.25. The molecule has 0 aliphatic rings. The molecule has 0 fully saturated rings. The van der Waals surface area contributed by atoms with Gasteiger partial charge in [0.25, 0.3) is 0 Å². The molecule has 0 spiro atoms. The summed E-state index contributed by atoms with van der Waals surface area (Å²) in [6, 6.07) is 9.55. The summed E-state index contributed by atoms with van der Waals surface area (Å²) in [4.78, 5) is 0. The summed E-state index contributed by atoms with van der Waals surface area (Å²) in [7, 11) is 1.90. The molecule has 0 saturated heterocycles. The zero-order valence-electron chi connectivity index (χ0n) is 12.4. The van der Waals surface area contributed by atoms with E-state index in [2.05, 4.69) is 16.5 Å².